The first kappa shape index (κ1) is 19.4. The van der Waals surface area contributed by atoms with Crippen LogP contribution >= 0.6 is 11.8 Å². The SMILES string of the molecule is Cc1ccc(NC(=O)CN2C(=O)SC(=CC(=O)Nc3ccccc3)C2=O)cc1. The molecule has 0 aliphatic carbocycles. The van der Waals surface area contributed by atoms with Crippen molar-refractivity contribution in [3.63, 3.8) is 0 Å². The Bertz CT molecular complexity index is 955. The molecule has 1 aliphatic heterocycles. The van der Waals surface area contributed by atoms with E-state index in [1.165, 1.54) is 0 Å². The second-order valence-corrected chi connectivity index (χ2v) is 7.03. The van der Waals surface area contributed by atoms with E-state index in [-0.39, 0.29) is 4.91 Å². The number of imide groups is 1. The first-order valence-corrected chi connectivity index (χ1v) is 9.22. The van der Waals surface area contributed by atoms with Gasteiger partial charge in [-0.15, -0.1) is 0 Å². The monoisotopic (exact) mass is 395 g/mol. The van der Waals surface area contributed by atoms with Crippen LogP contribution in [0.4, 0.5) is 16.2 Å². The van der Waals surface area contributed by atoms with E-state index in [9.17, 15) is 19.2 Å². The van der Waals surface area contributed by atoms with Crippen molar-refractivity contribution in [3.8, 4) is 0 Å². The summed E-state index contributed by atoms with van der Waals surface area (Å²) in [4.78, 5) is 49.5. The third kappa shape index (κ3) is 4.86. The number of para-hydroxylation sites is 1. The standard InChI is InChI=1S/C20H17N3O4S/c1-13-7-9-15(10-8-13)22-18(25)12-23-19(26)16(28-20(23)27)11-17(24)21-14-5-3-2-4-6-14/h2-11H,12H2,1H3,(H,21,24)(H,22,25). The number of nitrogens with zero attached hydrogens (tertiary/aromatic N) is 1. The van der Waals surface area contributed by atoms with Gasteiger partial charge in [0.1, 0.15) is 6.54 Å². The summed E-state index contributed by atoms with van der Waals surface area (Å²) in [6, 6.07) is 15.9. The average Bonchev–Trinajstić information content (AvgIpc) is 2.91. The quantitative estimate of drug-likeness (QED) is 0.759. The van der Waals surface area contributed by atoms with E-state index in [4.69, 9.17) is 0 Å². The molecule has 8 heteroatoms. The molecular formula is C20H17N3O4S. The molecule has 2 N–H and O–H groups in total. The number of rotatable bonds is 5. The van der Waals surface area contributed by atoms with Gasteiger partial charge in [-0.1, -0.05) is 35.9 Å². The number of aryl methyl sites for hydroxylation is 1. The fourth-order valence-corrected chi connectivity index (χ4v) is 3.25. The van der Waals surface area contributed by atoms with Gasteiger partial charge in [-0.2, -0.15) is 0 Å². The summed E-state index contributed by atoms with van der Waals surface area (Å²) in [7, 11) is 0. The van der Waals surface area contributed by atoms with Crippen LogP contribution in [0, 0.1) is 6.92 Å². The van der Waals surface area contributed by atoms with E-state index in [2.05, 4.69) is 10.6 Å². The molecule has 1 aliphatic rings. The van der Waals surface area contributed by atoms with Crippen LogP contribution in [0.15, 0.2) is 65.6 Å². The predicted octanol–water partition coefficient (Wildman–Crippen LogP) is 3.15. The number of hydrogen-bond acceptors (Lipinski definition) is 5. The lowest BCUT2D eigenvalue weighted by molar-refractivity contribution is -0.127. The summed E-state index contributed by atoms with van der Waals surface area (Å²) >= 11 is 0.629. The topological polar surface area (TPSA) is 95.6 Å². The first-order valence-electron chi connectivity index (χ1n) is 8.40. The molecule has 28 heavy (non-hydrogen) atoms. The maximum atomic E-state index is 12.4. The molecule has 0 bridgehead atoms. The minimum Gasteiger partial charge on any atom is -0.325 e. The Labute approximate surface area is 165 Å². The highest BCUT2D eigenvalue weighted by molar-refractivity contribution is 8.18. The molecule has 1 heterocycles. The minimum absolute atomic E-state index is 0.0263. The zero-order valence-electron chi connectivity index (χ0n) is 15.0. The largest absolute Gasteiger partial charge is 0.325 e. The number of anilines is 2. The Morgan fingerprint density at radius 2 is 1.61 bits per heavy atom. The third-order valence-electron chi connectivity index (χ3n) is 3.81. The van der Waals surface area contributed by atoms with Crippen molar-refractivity contribution in [3.05, 3.63) is 71.1 Å². The number of thioether (sulfide) groups is 1. The van der Waals surface area contributed by atoms with Gasteiger partial charge in [0.15, 0.2) is 0 Å². The molecule has 3 rings (SSSR count). The van der Waals surface area contributed by atoms with Crippen LogP contribution in [0.1, 0.15) is 5.56 Å². The Balaban J connectivity index is 1.61. The van der Waals surface area contributed by atoms with Gasteiger partial charge in [0, 0.05) is 17.5 Å². The molecular weight excluding hydrogens is 378 g/mol. The van der Waals surface area contributed by atoms with E-state index in [1.54, 1.807) is 36.4 Å². The van der Waals surface area contributed by atoms with E-state index in [0.717, 1.165) is 16.5 Å². The Hall–Kier alpha value is -3.39. The van der Waals surface area contributed by atoms with Crippen molar-refractivity contribution in [2.75, 3.05) is 17.2 Å². The van der Waals surface area contributed by atoms with Gasteiger partial charge in [-0.25, -0.2) is 0 Å². The van der Waals surface area contributed by atoms with Crippen LogP contribution in [-0.2, 0) is 14.4 Å². The Kier molecular flexibility index (Phi) is 5.90. The summed E-state index contributed by atoms with van der Waals surface area (Å²) < 4.78 is 0. The molecule has 0 atom stereocenters. The maximum Gasteiger partial charge on any atom is 0.294 e. The van der Waals surface area contributed by atoms with Gasteiger partial charge >= 0.3 is 0 Å². The van der Waals surface area contributed by atoms with Crippen LogP contribution in [0.5, 0.6) is 0 Å². The number of amides is 4. The predicted molar refractivity (Wildman–Crippen MR) is 108 cm³/mol. The second kappa shape index (κ2) is 8.53. The number of nitrogens with one attached hydrogen (secondary N) is 2. The van der Waals surface area contributed by atoms with Crippen molar-refractivity contribution < 1.29 is 19.2 Å². The lowest BCUT2D eigenvalue weighted by Crippen LogP contribution is -2.36. The Morgan fingerprint density at radius 3 is 2.29 bits per heavy atom. The van der Waals surface area contributed by atoms with E-state index >= 15 is 0 Å². The summed E-state index contributed by atoms with van der Waals surface area (Å²) in [5.41, 5.74) is 2.18. The maximum absolute atomic E-state index is 12.4. The highest BCUT2D eigenvalue weighted by atomic mass is 32.2. The number of benzene rings is 2. The van der Waals surface area contributed by atoms with Gasteiger partial charge in [-0.05, 0) is 43.0 Å². The molecule has 2 aromatic carbocycles. The van der Waals surface area contributed by atoms with Crippen molar-refractivity contribution in [2.45, 2.75) is 6.92 Å². The van der Waals surface area contributed by atoms with Crippen molar-refractivity contribution in [1.29, 1.82) is 0 Å². The zero-order valence-corrected chi connectivity index (χ0v) is 15.8. The molecule has 0 spiro atoms. The lowest BCUT2D eigenvalue weighted by atomic mass is 10.2. The van der Waals surface area contributed by atoms with Gasteiger partial charge in [-0.3, -0.25) is 24.1 Å². The van der Waals surface area contributed by atoms with Crippen molar-refractivity contribution in [2.24, 2.45) is 0 Å². The summed E-state index contributed by atoms with van der Waals surface area (Å²) in [6.45, 7) is 1.50. The number of hydrogen-bond donors (Lipinski definition) is 2. The van der Waals surface area contributed by atoms with E-state index in [0.29, 0.717) is 23.1 Å². The molecule has 7 nitrogen and oxygen atoms in total. The highest BCUT2D eigenvalue weighted by Gasteiger charge is 2.36. The average molecular weight is 395 g/mol. The zero-order chi connectivity index (χ0) is 20.1. The number of carbonyl (C=O) groups is 4. The Morgan fingerprint density at radius 1 is 0.964 bits per heavy atom. The van der Waals surface area contributed by atoms with E-state index < -0.39 is 29.5 Å². The van der Waals surface area contributed by atoms with Crippen LogP contribution in [-0.4, -0.2) is 34.4 Å². The normalized spacial score (nSPS) is 15.0. The third-order valence-corrected chi connectivity index (χ3v) is 4.72. The minimum atomic E-state index is -0.669. The fraction of sp³-hybridized carbons (Fsp3) is 0.100. The van der Waals surface area contributed by atoms with Gasteiger partial charge < -0.3 is 10.6 Å². The molecule has 1 fully saturated rings. The first-order chi connectivity index (χ1) is 13.4. The highest BCUT2D eigenvalue weighted by Crippen LogP contribution is 2.30. The van der Waals surface area contributed by atoms with Crippen molar-refractivity contribution >= 4 is 46.1 Å². The number of carbonyl (C=O) groups excluding carboxylic acids is 4. The molecule has 1 saturated heterocycles. The fourth-order valence-electron chi connectivity index (χ4n) is 2.44. The van der Waals surface area contributed by atoms with Crippen molar-refractivity contribution in [1.82, 2.24) is 4.90 Å². The summed E-state index contributed by atoms with van der Waals surface area (Å²) in [5, 5.41) is 4.64. The van der Waals surface area contributed by atoms with Crippen LogP contribution < -0.4 is 10.6 Å². The van der Waals surface area contributed by atoms with E-state index in [1.807, 2.05) is 25.1 Å². The molecule has 0 saturated carbocycles. The van der Waals surface area contributed by atoms with Gasteiger partial charge in [0.2, 0.25) is 11.8 Å². The summed E-state index contributed by atoms with van der Waals surface area (Å²) in [5.74, 6) is -1.70. The van der Waals surface area contributed by atoms with Crippen LogP contribution in [0.3, 0.4) is 0 Å². The molecule has 0 aromatic heterocycles. The lowest BCUT2D eigenvalue weighted by Gasteiger charge is -2.12. The second-order valence-electron chi connectivity index (χ2n) is 6.04. The molecule has 0 radical (unpaired) electrons. The molecule has 0 unspecified atom stereocenters. The van der Waals surface area contributed by atoms with Gasteiger partial charge in [0.05, 0.1) is 4.91 Å². The molecule has 142 valence electrons. The summed E-state index contributed by atoms with van der Waals surface area (Å²) in [6.07, 6.45) is 1.07. The van der Waals surface area contributed by atoms with Gasteiger partial charge in [0.25, 0.3) is 11.1 Å². The van der Waals surface area contributed by atoms with Crippen LogP contribution in [0.25, 0.3) is 0 Å². The molecule has 2 aromatic rings. The molecule has 4 amide bonds. The van der Waals surface area contributed by atoms with Crippen LogP contribution in [0.2, 0.25) is 0 Å². The smallest absolute Gasteiger partial charge is 0.294 e.